The van der Waals surface area contributed by atoms with E-state index in [1.54, 1.807) is 23.5 Å². The molecule has 0 spiro atoms. The van der Waals surface area contributed by atoms with Crippen molar-refractivity contribution in [2.24, 2.45) is 0 Å². The number of hydrogen-bond donors (Lipinski definition) is 1. The second-order valence-corrected chi connectivity index (χ2v) is 4.37. The zero-order valence-corrected chi connectivity index (χ0v) is 8.85. The number of carboxylic acids is 1. The highest BCUT2D eigenvalue weighted by Gasteiger charge is 2.06. The lowest BCUT2D eigenvalue weighted by molar-refractivity contribution is 0.0697. The van der Waals surface area contributed by atoms with Gasteiger partial charge in [-0.2, -0.15) is 0 Å². The van der Waals surface area contributed by atoms with Gasteiger partial charge in [0.2, 0.25) is 0 Å². The van der Waals surface area contributed by atoms with Crippen LogP contribution in [-0.2, 0) is 0 Å². The molecule has 1 heterocycles. The van der Waals surface area contributed by atoms with Crippen LogP contribution in [0.5, 0.6) is 0 Å². The van der Waals surface area contributed by atoms with E-state index in [1.807, 2.05) is 11.4 Å². The lowest BCUT2D eigenvalue weighted by atomic mass is 10.2. The fourth-order valence-corrected chi connectivity index (χ4v) is 2.67. The molecular weight excluding hydrogens is 252 g/mol. The van der Waals surface area contributed by atoms with Crippen LogP contribution in [0.1, 0.15) is 10.4 Å². The first-order valence-electron chi connectivity index (χ1n) is 3.58. The second-order valence-electron chi connectivity index (χ2n) is 2.60. The molecule has 0 unspecified atom stereocenters. The van der Waals surface area contributed by atoms with E-state index < -0.39 is 5.97 Å². The molecule has 0 aliphatic carbocycles. The molecule has 0 saturated carbocycles. The summed E-state index contributed by atoms with van der Waals surface area (Å²) in [5.41, 5.74) is 0.326. The Morgan fingerprint density at radius 3 is 2.92 bits per heavy atom. The van der Waals surface area contributed by atoms with Crippen LogP contribution in [0.2, 0.25) is 0 Å². The maximum absolute atomic E-state index is 10.7. The van der Waals surface area contributed by atoms with Gasteiger partial charge in [-0.15, -0.1) is 11.3 Å². The topological polar surface area (TPSA) is 37.3 Å². The lowest BCUT2D eigenvalue weighted by Gasteiger charge is -1.94. The predicted molar refractivity (Wildman–Crippen MR) is 56.5 cm³/mol. The van der Waals surface area contributed by atoms with Crippen LogP contribution in [0.4, 0.5) is 0 Å². The SMILES string of the molecule is O=C(O)c1ccc2scc(Br)c2c1. The van der Waals surface area contributed by atoms with Crippen molar-refractivity contribution in [1.82, 2.24) is 0 Å². The number of carboxylic acid groups (broad SMARTS) is 1. The quantitative estimate of drug-likeness (QED) is 0.850. The molecule has 1 aromatic heterocycles. The molecule has 0 aliphatic heterocycles. The molecule has 0 amide bonds. The number of aromatic carboxylic acids is 1. The molecule has 4 heteroatoms. The summed E-state index contributed by atoms with van der Waals surface area (Å²) in [7, 11) is 0. The fourth-order valence-electron chi connectivity index (χ4n) is 1.13. The molecule has 2 nitrogen and oxygen atoms in total. The molecule has 0 aliphatic rings. The predicted octanol–water partition coefficient (Wildman–Crippen LogP) is 3.36. The summed E-state index contributed by atoms with van der Waals surface area (Å²) in [6.45, 7) is 0. The number of rotatable bonds is 1. The van der Waals surface area contributed by atoms with Crippen molar-refractivity contribution in [3.8, 4) is 0 Å². The van der Waals surface area contributed by atoms with Gasteiger partial charge in [0.15, 0.2) is 0 Å². The molecule has 0 fully saturated rings. The third kappa shape index (κ3) is 1.47. The molecule has 0 bridgehead atoms. The van der Waals surface area contributed by atoms with E-state index in [-0.39, 0.29) is 0 Å². The molecular formula is C9H5BrO2S. The van der Waals surface area contributed by atoms with Gasteiger partial charge in [0.1, 0.15) is 0 Å². The Kier molecular flexibility index (Phi) is 2.09. The van der Waals surface area contributed by atoms with Crippen LogP contribution in [0, 0.1) is 0 Å². The molecule has 0 saturated heterocycles. The molecule has 1 aromatic carbocycles. The van der Waals surface area contributed by atoms with Gasteiger partial charge in [0.25, 0.3) is 0 Å². The zero-order valence-electron chi connectivity index (χ0n) is 6.45. The normalized spacial score (nSPS) is 10.5. The van der Waals surface area contributed by atoms with E-state index in [0.717, 1.165) is 14.6 Å². The number of benzene rings is 1. The second kappa shape index (κ2) is 3.12. The number of carbonyl (C=O) groups is 1. The summed E-state index contributed by atoms with van der Waals surface area (Å²) in [6.07, 6.45) is 0. The highest BCUT2D eigenvalue weighted by Crippen LogP contribution is 2.30. The Bertz CT molecular complexity index is 475. The van der Waals surface area contributed by atoms with Gasteiger partial charge in [-0.25, -0.2) is 4.79 Å². The fraction of sp³-hybridized carbons (Fsp3) is 0. The Labute approximate surface area is 86.9 Å². The largest absolute Gasteiger partial charge is 0.478 e. The molecule has 2 rings (SSSR count). The average Bonchev–Trinajstić information content (AvgIpc) is 2.47. The summed E-state index contributed by atoms with van der Waals surface area (Å²) < 4.78 is 2.05. The average molecular weight is 257 g/mol. The van der Waals surface area contributed by atoms with Gasteiger partial charge in [-0.3, -0.25) is 0 Å². The molecule has 0 atom stereocenters. The first kappa shape index (κ1) is 8.72. The maximum Gasteiger partial charge on any atom is 0.335 e. The number of thiophene rings is 1. The summed E-state index contributed by atoms with van der Waals surface area (Å²) in [4.78, 5) is 10.7. The first-order valence-corrected chi connectivity index (χ1v) is 5.26. The van der Waals surface area contributed by atoms with Crippen LogP contribution >= 0.6 is 27.3 Å². The summed E-state index contributed by atoms with van der Waals surface area (Å²) in [6, 6.07) is 5.13. The van der Waals surface area contributed by atoms with E-state index in [1.165, 1.54) is 0 Å². The zero-order chi connectivity index (χ0) is 9.42. The van der Waals surface area contributed by atoms with Crippen molar-refractivity contribution < 1.29 is 9.90 Å². The standard InChI is InChI=1S/C9H5BrO2S/c10-7-4-13-8-2-1-5(9(11)12)3-6(7)8/h1-4H,(H,11,12). The van der Waals surface area contributed by atoms with Crippen molar-refractivity contribution in [3.05, 3.63) is 33.6 Å². The summed E-state index contributed by atoms with van der Waals surface area (Å²) >= 11 is 4.96. The Balaban J connectivity index is 2.72. The smallest absolute Gasteiger partial charge is 0.335 e. The van der Waals surface area contributed by atoms with Crippen LogP contribution in [0.15, 0.2) is 28.1 Å². The van der Waals surface area contributed by atoms with E-state index in [2.05, 4.69) is 15.9 Å². The van der Waals surface area contributed by atoms with Crippen LogP contribution < -0.4 is 0 Å². The van der Waals surface area contributed by atoms with Crippen molar-refractivity contribution in [1.29, 1.82) is 0 Å². The van der Waals surface area contributed by atoms with Gasteiger partial charge >= 0.3 is 5.97 Å². The van der Waals surface area contributed by atoms with E-state index in [9.17, 15) is 4.79 Å². The third-order valence-electron chi connectivity index (χ3n) is 1.77. The van der Waals surface area contributed by atoms with Crippen molar-refractivity contribution in [2.75, 3.05) is 0 Å². The lowest BCUT2D eigenvalue weighted by Crippen LogP contribution is -1.94. The van der Waals surface area contributed by atoms with Gasteiger partial charge in [-0.05, 0) is 34.1 Å². The highest BCUT2D eigenvalue weighted by molar-refractivity contribution is 9.10. The molecule has 2 aromatic rings. The van der Waals surface area contributed by atoms with Gasteiger partial charge in [0.05, 0.1) is 5.56 Å². The third-order valence-corrected chi connectivity index (χ3v) is 3.70. The van der Waals surface area contributed by atoms with E-state index >= 15 is 0 Å². The molecule has 0 radical (unpaired) electrons. The monoisotopic (exact) mass is 256 g/mol. The van der Waals surface area contributed by atoms with Crippen LogP contribution in [0.3, 0.4) is 0 Å². The number of hydrogen-bond acceptors (Lipinski definition) is 2. The minimum Gasteiger partial charge on any atom is -0.478 e. The Morgan fingerprint density at radius 1 is 1.46 bits per heavy atom. The molecule has 13 heavy (non-hydrogen) atoms. The first-order chi connectivity index (χ1) is 6.18. The number of fused-ring (bicyclic) bond motifs is 1. The Morgan fingerprint density at radius 2 is 2.23 bits per heavy atom. The van der Waals surface area contributed by atoms with Crippen LogP contribution in [-0.4, -0.2) is 11.1 Å². The van der Waals surface area contributed by atoms with E-state index in [4.69, 9.17) is 5.11 Å². The summed E-state index contributed by atoms with van der Waals surface area (Å²) in [5, 5.41) is 11.7. The number of halogens is 1. The molecule has 66 valence electrons. The Hall–Kier alpha value is -0.870. The minimum absolute atomic E-state index is 0.326. The van der Waals surface area contributed by atoms with Gasteiger partial charge in [-0.1, -0.05) is 0 Å². The van der Waals surface area contributed by atoms with E-state index in [0.29, 0.717) is 5.56 Å². The van der Waals surface area contributed by atoms with Gasteiger partial charge < -0.3 is 5.11 Å². The molecule has 1 N–H and O–H groups in total. The van der Waals surface area contributed by atoms with Crippen molar-refractivity contribution in [3.63, 3.8) is 0 Å². The van der Waals surface area contributed by atoms with Crippen molar-refractivity contribution >= 4 is 43.3 Å². The minimum atomic E-state index is -0.889. The van der Waals surface area contributed by atoms with Gasteiger partial charge in [0, 0.05) is 19.9 Å². The summed E-state index contributed by atoms with van der Waals surface area (Å²) in [5.74, 6) is -0.889. The maximum atomic E-state index is 10.7. The van der Waals surface area contributed by atoms with Crippen LogP contribution in [0.25, 0.3) is 10.1 Å². The van der Waals surface area contributed by atoms with Crippen molar-refractivity contribution in [2.45, 2.75) is 0 Å². The highest BCUT2D eigenvalue weighted by atomic mass is 79.9.